The molecule has 0 saturated heterocycles. The molecular weight excluding hydrogens is 362 g/mol. The van der Waals surface area contributed by atoms with Gasteiger partial charge in [-0.25, -0.2) is 0 Å². The van der Waals surface area contributed by atoms with Crippen molar-refractivity contribution in [3.05, 3.63) is 29.3 Å². The van der Waals surface area contributed by atoms with Gasteiger partial charge in [0.15, 0.2) is 0 Å². The summed E-state index contributed by atoms with van der Waals surface area (Å²) in [7, 11) is 0. The summed E-state index contributed by atoms with van der Waals surface area (Å²) in [6, 6.07) is 6.02. The van der Waals surface area contributed by atoms with E-state index in [1.54, 1.807) is 0 Å². The van der Waals surface area contributed by atoms with Crippen LogP contribution in [0.2, 0.25) is 0 Å². The van der Waals surface area contributed by atoms with Gasteiger partial charge in [-0.15, -0.1) is 12.4 Å². The Kier molecular flexibility index (Phi) is 10.2. The molecule has 2 amide bonds. The molecule has 1 unspecified atom stereocenters. The van der Waals surface area contributed by atoms with Gasteiger partial charge in [0.05, 0.1) is 6.04 Å². The van der Waals surface area contributed by atoms with Gasteiger partial charge in [-0.3, -0.25) is 9.59 Å². The second kappa shape index (κ2) is 11.9. The van der Waals surface area contributed by atoms with Crippen LogP contribution in [0.15, 0.2) is 18.2 Å². The SMILES string of the molecule is CCCN(CCC)C(=O)CCCC(=O)NC1CCCc2cc(N)ccc21.Cl. The Morgan fingerprint density at radius 2 is 1.89 bits per heavy atom. The molecule has 1 aliphatic carbocycles. The Morgan fingerprint density at radius 3 is 2.56 bits per heavy atom. The Balaban J connectivity index is 0.00000364. The van der Waals surface area contributed by atoms with E-state index in [-0.39, 0.29) is 30.3 Å². The molecule has 5 nitrogen and oxygen atoms in total. The van der Waals surface area contributed by atoms with E-state index < -0.39 is 0 Å². The molecule has 1 atom stereocenters. The number of rotatable bonds is 9. The van der Waals surface area contributed by atoms with Gasteiger partial charge in [-0.2, -0.15) is 0 Å². The molecule has 1 aliphatic rings. The molecule has 0 aliphatic heterocycles. The third-order valence-electron chi connectivity index (χ3n) is 4.95. The van der Waals surface area contributed by atoms with Gasteiger partial charge in [0.2, 0.25) is 11.8 Å². The maximum Gasteiger partial charge on any atom is 0.222 e. The first-order valence-electron chi connectivity index (χ1n) is 10.0. The van der Waals surface area contributed by atoms with Crippen LogP contribution in [-0.4, -0.2) is 29.8 Å². The number of hydrogen-bond acceptors (Lipinski definition) is 3. The third kappa shape index (κ3) is 7.06. The zero-order chi connectivity index (χ0) is 18.9. The van der Waals surface area contributed by atoms with Gasteiger partial charge >= 0.3 is 0 Å². The number of carbonyl (C=O) groups excluding carboxylic acids is 2. The lowest BCUT2D eigenvalue weighted by Crippen LogP contribution is -2.33. The molecule has 1 aromatic carbocycles. The Morgan fingerprint density at radius 1 is 1.19 bits per heavy atom. The second-order valence-corrected chi connectivity index (χ2v) is 7.20. The molecule has 0 aromatic heterocycles. The first-order valence-corrected chi connectivity index (χ1v) is 10.0. The number of amides is 2. The average Bonchev–Trinajstić information content (AvgIpc) is 2.61. The van der Waals surface area contributed by atoms with Crippen molar-refractivity contribution < 1.29 is 9.59 Å². The summed E-state index contributed by atoms with van der Waals surface area (Å²) < 4.78 is 0. The molecule has 0 bridgehead atoms. The van der Waals surface area contributed by atoms with Gasteiger partial charge in [0.1, 0.15) is 0 Å². The normalized spacial score (nSPS) is 15.4. The highest BCUT2D eigenvalue weighted by molar-refractivity contribution is 5.85. The van der Waals surface area contributed by atoms with Crippen LogP contribution in [0.4, 0.5) is 5.69 Å². The fraction of sp³-hybridized carbons (Fsp3) is 0.619. The maximum atomic E-state index is 12.3. The summed E-state index contributed by atoms with van der Waals surface area (Å²) in [6.07, 6.45) is 6.44. The summed E-state index contributed by atoms with van der Waals surface area (Å²) in [5.41, 5.74) is 9.07. The largest absolute Gasteiger partial charge is 0.399 e. The second-order valence-electron chi connectivity index (χ2n) is 7.20. The van der Waals surface area contributed by atoms with Crippen LogP contribution in [0, 0.1) is 0 Å². The lowest BCUT2D eigenvalue weighted by molar-refractivity contribution is -0.131. The Labute approximate surface area is 169 Å². The molecular formula is C21H34ClN3O2. The number of fused-ring (bicyclic) bond motifs is 1. The van der Waals surface area contributed by atoms with Crippen LogP contribution in [0.3, 0.4) is 0 Å². The van der Waals surface area contributed by atoms with E-state index in [0.29, 0.717) is 19.3 Å². The number of carbonyl (C=O) groups is 2. The zero-order valence-electron chi connectivity index (χ0n) is 16.6. The van der Waals surface area contributed by atoms with Crippen LogP contribution in [0.5, 0.6) is 0 Å². The number of benzene rings is 1. The number of nitrogens with zero attached hydrogens (tertiary/aromatic N) is 1. The highest BCUT2D eigenvalue weighted by Crippen LogP contribution is 2.31. The molecule has 152 valence electrons. The first kappa shape index (κ1) is 23.3. The number of hydrogen-bond donors (Lipinski definition) is 2. The van der Waals surface area contributed by atoms with E-state index in [9.17, 15) is 9.59 Å². The highest BCUT2D eigenvalue weighted by atomic mass is 35.5. The van der Waals surface area contributed by atoms with Crippen molar-refractivity contribution in [2.75, 3.05) is 18.8 Å². The van der Waals surface area contributed by atoms with Crippen LogP contribution in [0.25, 0.3) is 0 Å². The standard InChI is InChI=1S/C21H33N3O2.ClH/c1-3-13-24(14-4-2)21(26)10-6-9-20(25)23-19-8-5-7-16-15-17(22)11-12-18(16)19;/h11-12,15,19H,3-10,13-14,22H2,1-2H3,(H,23,25);1H. The molecule has 0 spiro atoms. The van der Waals surface area contributed by atoms with Crippen molar-refractivity contribution in [3.8, 4) is 0 Å². The van der Waals surface area contributed by atoms with Crippen LogP contribution < -0.4 is 11.1 Å². The van der Waals surface area contributed by atoms with Gasteiger partial charge in [0, 0.05) is 31.6 Å². The van der Waals surface area contributed by atoms with E-state index in [0.717, 1.165) is 50.9 Å². The molecule has 1 aromatic rings. The lowest BCUT2D eigenvalue weighted by atomic mass is 9.87. The van der Waals surface area contributed by atoms with Crippen molar-refractivity contribution in [1.29, 1.82) is 0 Å². The zero-order valence-corrected chi connectivity index (χ0v) is 17.4. The summed E-state index contributed by atoms with van der Waals surface area (Å²) in [4.78, 5) is 26.5. The molecule has 3 N–H and O–H groups in total. The van der Waals surface area contributed by atoms with E-state index in [2.05, 4.69) is 19.2 Å². The molecule has 0 radical (unpaired) electrons. The molecule has 0 heterocycles. The van der Waals surface area contributed by atoms with Gasteiger partial charge in [-0.1, -0.05) is 19.9 Å². The smallest absolute Gasteiger partial charge is 0.222 e. The maximum absolute atomic E-state index is 12.3. The Bertz CT molecular complexity index is 615. The molecule has 6 heteroatoms. The van der Waals surface area contributed by atoms with Crippen LogP contribution >= 0.6 is 12.4 Å². The monoisotopic (exact) mass is 395 g/mol. The highest BCUT2D eigenvalue weighted by Gasteiger charge is 2.22. The van der Waals surface area contributed by atoms with Gasteiger partial charge < -0.3 is 16.0 Å². The number of halogens is 1. The number of nitrogens with two attached hydrogens (primary N) is 1. The lowest BCUT2D eigenvalue weighted by Gasteiger charge is -2.27. The van der Waals surface area contributed by atoms with Crippen molar-refractivity contribution in [2.45, 2.75) is 71.3 Å². The van der Waals surface area contributed by atoms with E-state index in [1.165, 1.54) is 11.1 Å². The summed E-state index contributed by atoms with van der Waals surface area (Å²) in [6.45, 7) is 5.78. The fourth-order valence-corrected chi connectivity index (χ4v) is 3.71. The average molecular weight is 396 g/mol. The van der Waals surface area contributed by atoms with Crippen LogP contribution in [0.1, 0.15) is 76.0 Å². The Hall–Kier alpha value is -1.75. The van der Waals surface area contributed by atoms with Crippen molar-refractivity contribution >= 4 is 29.9 Å². The minimum Gasteiger partial charge on any atom is -0.399 e. The summed E-state index contributed by atoms with van der Waals surface area (Å²) in [5, 5.41) is 3.14. The fourth-order valence-electron chi connectivity index (χ4n) is 3.71. The number of nitrogens with one attached hydrogen (secondary N) is 1. The molecule has 0 fully saturated rings. The quantitative estimate of drug-likeness (QED) is 0.620. The minimum absolute atomic E-state index is 0. The molecule has 2 rings (SSSR count). The summed E-state index contributed by atoms with van der Waals surface area (Å²) >= 11 is 0. The summed E-state index contributed by atoms with van der Waals surface area (Å²) in [5.74, 6) is 0.199. The van der Waals surface area contributed by atoms with Crippen molar-refractivity contribution in [2.24, 2.45) is 0 Å². The van der Waals surface area contributed by atoms with E-state index in [4.69, 9.17) is 5.73 Å². The number of nitrogen functional groups attached to an aromatic ring is 1. The minimum atomic E-state index is 0. The van der Waals surface area contributed by atoms with Gasteiger partial charge in [-0.05, 0) is 61.8 Å². The van der Waals surface area contributed by atoms with E-state index in [1.807, 2.05) is 23.1 Å². The topological polar surface area (TPSA) is 75.4 Å². The first-order chi connectivity index (χ1) is 12.5. The van der Waals surface area contributed by atoms with Crippen molar-refractivity contribution in [3.63, 3.8) is 0 Å². The van der Waals surface area contributed by atoms with Crippen LogP contribution in [-0.2, 0) is 16.0 Å². The predicted octanol–water partition coefficient (Wildman–Crippen LogP) is 4.00. The third-order valence-corrected chi connectivity index (χ3v) is 4.95. The molecule has 27 heavy (non-hydrogen) atoms. The van der Waals surface area contributed by atoms with Gasteiger partial charge in [0.25, 0.3) is 0 Å². The number of aryl methyl sites for hydroxylation is 1. The van der Waals surface area contributed by atoms with Crippen molar-refractivity contribution in [1.82, 2.24) is 10.2 Å². The van der Waals surface area contributed by atoms with E-state index >= 15 is 0 Å². The number of anilines is 1. The molecule has 0 saturated carbocycles. The predicted molar refractivity (Wildman–Crippen MR) is 113 cm³/mol.